The summed E-state index contributed by atoms with van der Waals surface area (Å²) in [7, 11) is 0. The number of nitrogens with zero attached hydrogens (tertiary/aromatic N) is 2. The number of carbonyl (C=O) groups is 1. The van der Waals surface area contributed by atoms with Gasteiger partial charge in [-0.3, -0.25) is 14.9 Å². The summed E-state index contributed by atoms with van der Waals surface area (Å²) in [6.07, 6.45) is 1.58. The fourth-order valence-corrected chi connectivity index (χ4v) is 2.31. The molecule has 2 heterocycles. The van der Waals surface area contributed by atoms with Crippen molar-refractivity contribution in [3.05, 3.63) is 63.7 Å². The number of carbonyl (C=O) groups excluding carboxylic acids is 1. The lowest BCUT2D eigenvalue weighted by molar-refractivity contribution is -0.387. The van der Waals surface area contributed by atoms with Gasteiger partial charge in [-0.25, -0.2) is 4.98 Å². The second-order valence-corrected chi connectivity index (χ2v) is 5.30. The third kappa shape index (κ3) is 3.07. The molecule has 1 aromatic carbocycles. The minimum Gasteiger partial charge on any atom is -0.380 e. The first-order chi connectivity index (χ1) is 11.4. The Morgan fingerprint density at radius 2 is 2.17 bits per heavy atom. The van der Waals surface area contributed by atoms with Gasteiger partial charge in [-0.15, -0.1) is 0 Å². The minimum atomic E-state index is -0.865. The fraction of sp³-hybridized carbons (Fsp3) is 0.125. The number of aromatic amines is 1. The molecule has 0 aliphatic heterocycles. The molecule has 2 N–H and O–H groups in total. The summed E-state index contributed by atoms with van der Waals surface area (Å²) in [5, 5.41) is 14.6. The van der Waals surface area contributed by atoms with E-state index in [1.165, 1.54) is 19.1 Å². The Kier molecular flexibility index (Phi) is 3.95. The second kappa shape index (κ2) is 6.07. The van der Waals surface area contributed by atoms with Crippen molar-refractivity contribution in [2.75, 3.05) is 5.32 Å². The van der Waals surface area contributed by atoms with Gasteiger partial charge in [0, 0.05) is 24.9 Å². The molecule has 0 spiro atoms. The van der Waals surface area contributed by atoms with Crippen LogP contribution in [0.25, 0.3) is 11.0 Å². The Hall–Kier alpha value is -3.29. The summed E-state index contributed by atoms with van der Waals surface area (Å²) in [4.78, 5) is 28.5. The van der Waals surface area contributed by atoms with Gasteiger partial charge in [0.1, 0.15) is 5.65 Å². The molecule has 0 saturated heterocycles. The van der Waals surface area contributed by atoms with Crippen LogP contribution < -0.4 is 5.32 Å². The molecule has 0 saturated carbocycles. The average molecular weight is 328 g/mol. The molecule has 7 nitrogen and oxygen atoms in total. The monoisotopic (exact) mass is 328 g/mol. The number of hydrogen-bond donors (Lipinski definition) is 2. The number of rotatable bonds is 5. The largest absolute Gasteiger partial charge is 0.380 e. The predicted molar refractivity (Wildman–Crippen MR) is 86.5 cm³/mol. The molecule has 0 bridgehead atoms. The molecule has 8 heteroatoms. The third-order valence-electron chi connectivity index (χ3n) is 3.55. The average Bonchev–Trinajstić information content (AvgIpc) is 2.97. The summed E-state index contributed by atoms with van der Waals surface area (Å²) in [5.74, 6) is -0.947. The van der Waals surface area contributed by atoms with Crippen LogP contribution in [0.1, 0.15) is 23.0 Å². The molecule has 0 atom stereocenters. The maximum atomic E-state index is 13.3. The number of ketones is 1. The quantitative estimate of drug-likeness (QED) is 0.424. The Morgan fingerprint density at radius 3 is 2.88 bits per heavy atom. The molecule has 0 aliphatic rings. The van der Waals surface area contributed by atoms with Crippen LogP contribution in [-0.4, -0.2) is 20.7 Å². The highest BCUT2D eigenvalue weighted by Gasteiger charge is 2.14. The molecule has 0 radical (unpaired) electrons. The maximum Gasteiger partial charge on any atom is 0.305 e. The second-order valence-electron chi connectivity index (χ2n) is 5.30. The zero-order chi connectivity index (χ0) is 17.3. The highest BCUT2D eigenvalue weighted by Crippen LogP contribution is 2.21. The smallest absolute Gasteiger partial charge is 0.305 e. The van der Waals surface area contributed by atoms with Crippen molar-refractivity contribution in [2.45, 2.75) is 13.5 Å². The van der Waals surface area contributed by atoms with Crippen LogP contribution in [0.4, 0.5) is 15.8 Å². The van der Waals surface area contributed by atoms with E-state index in [0.29, 0.717) is 22.6 Å². The number of nitro groups is 1. The maximum absolute atomic E-state index is 13.3. The summed E-state index contributed by atoms with van der Waals surface area (Å²) in [5.41, 5.74) is 1.77. The normalized spacial score (nSPS) is 10.8. The number of pyridine rings is 1. The van der Waals surface area contributed by atoms with Crippen LogP contribution in [0, 0.1) is 15.9 Å². The van der Waals surface area contributed by atoms with E-state index in [0.717, 1.165) is 11.5 Å². The Labute approximate surface area is 135 Å². The summed E-state index contributed by atoms with van der Waals surface area (Å²) < 4.78 is 13.3. The van der Waals surface area contributed by atoms with Crippen LogP contribution in [0.5, 0.6) is 0 Å². The van der Waals surface area contributed by atoms with E-state index in [1.807, 2.05) is 6.07 Å². The summed E-state index contributed by atoms with van der Waals surface area (Å²) >= 11 is 0. The van der Waals surface area contributed by atoms with E-state index in [-0.39, 0.29) is 12.3 Å². The molecule has 3 rings (SSSR count). The van der Waals surface area contributed by atoms with E-state index in [4.69, 9.17) is 0 Å². The van der Waals surface area contributed by atoms with Crippen molar-refractivity contribution in [3.8, 4) is 0 Å². The van der Waals surface area contributed by atoms with E-state index in [9.17, 15) is 19.3 Å². The third-order valence-corrected chi connectivity index (χ3v) is 3.55. The number of fused-ring (bicyclic) bond motifs is 1. The van der Waals surface area contributed by atoms with Crippen molar-refractivity contribution in [1.29, 1.82) is 0 Å². The SMILES string of the molecule is CC(=O)c1cc2cc(NCc3ccc(F)c([N+](=O)[O-])c3)cnc2[nH]1. The summed E-state index contributed by atoms with van der Waals surface area (Å²) in [6, 6.07) is 7.26. The number of benzene rings is 1. The molecule has 122 valence electrons. The number of nitrogens with one attached hydrogen (secondary N) is 2. The standard InChI is InChI=1S/C16H13FN4O3/c1-9(22)14-6-11-5-12(8-19-16(11)20-14)18-7-10-2-3-13(17)15(4-10)21(23)24/h2-6,8,18H,7H2,1H3,(H,19,20). The number of Topliss-reactive ketones (excluding diaryl/α,β-unsaturated/α-hetero) is 1. The molecule has 0 aliphatic carbocycles. The molecule has 0 unspecified atom stereocenters. The lowest BCUT2D eigenvalue weighted by Gasteiger charge is -2.06. The van der Waals surface area contributed by atoms with E-state index in [1.54, 1.807) is 12.3 Å². The first kappa shape index (κ1) is 15.6. The van der Waals surface area contributed by atoms with Gasteiger partial charge in [-0.05, 0) is 23.8 Å². The van der Waals surface area contributed by atoms with Crippen LogP contribution >= 0.6 is 0 Å². The van der Waals surface area contributed by atoms with Gasteiger partial charge < -0.3 is 10.3 Å². The van der Waals surface area contributed by atoms with Crippen molar-refractivity contribution >= 4 is 28.2 Å². The molecule has 0 amide bonds. The van der Waals surface area contributed by atoms with Crippen molar-refractivity contribution in [2.24, 2.45) is 0 Å². The Morgan fingerprint density at radius 1 is 1.38 bits per heavy atom. The first-order valence-corrected chi connectivity index (χ1v) is 7.10. The van der Waals surface area contributed by atoms with Gasteiger partial charge in [0.15, 0.2) is 5.78 Å². The van der Waals surface area contributed by atoms with Crippen molar-refractivity contribution in [3.63, 3.8) is 0 Å². The van der Waals surface area contributed by atoms with Crippen LogP contribution in [0.3, 0.4) is 0 Å². The number of hydrogen-bond acceptors (Lipinski definition) is 5. The molecule has 2 aromatic heterocycles. The molecule has 0 fully saturated rings. The van der Waals surface area contributed by atoms with Crippen molar-refractivity contribution < 1.29 is 14.1 Å². The van der Waals surface area contributed by atoms with Gasteiger partial charge in [0.05, 0.1) is 22.5 Å². The van der Waals surface area contributed by atoms with Crippen LogP contribution in [0.15, 0.2) is 36.5 Å². The number of nitro benzene ring substituents is 1. The zero-order valence-corrected chi connectivity index (χ0v) is 12.7. The zero-order valence-electron chi connectivity index (χ0n) is 12.7. The predicted octanol–water partition coefficient (Wildman–Crippen LogP) is 3.42. The van der Waals surface area contributed by atoms with Crippen LogP contribution in [-0.2, 0) is 6.54 Å². The van der Waals surface area contributed by atoms with Gasteiger partial charge >= 0.3 is 5.69 Å². The topological polar surface area (TPSA) is 101 Å². The molecule has 3 aromatic rings. The number of H-pyrrole nitrogens is 1. The summed E-state index contributed by atoms with van der Waals surface area (Å²) in [6.45, 7) is 1.74. The van der Waals surface area contributed by atoms with Gasteiger partial charge in [-0.1, -0.05) is 6.07 Å². The highest BCUT2D eigenvalue weighted by molar-refractivity contribution is 5.97. The minimum absolute atomic E-state index is 0.0823. The van der Waals surface area contributed by atoms with E-state index in [2.05, 4.69) is 15.3 Å². The fourth-order valence-electron chi connectivity index (χ4n) is 2.31. The molecular formula is C16H13FN4O3. The number of anilines is 1. The molecule has 24 heavy (non-hydrogen) atoms. The Balaban J connectivity index is 1.79. The van der Waals surface area contributed by atoms with E-state index >= 15 is 0 Å². The lowest BCUT2D eigenvalue weighted by atomic mass is 10.2. The number of halogens is 1. The number of aromatic nitrogens is 2. The first-order valence-electron chi connectivity index (χ1n) is 7.10. The van der Waals surface area contributed by atoms with Gasteiger partial charge in [0.2, 0.25) is 5.82 Å². The van der Waals surface area contributed by atoms with Crippen LogP contribution in [0.2, 0.25) is 0 Å². The van der Waals surface area contributed by atoms with Gasteiger partial charge in [-0.2, -0.15) is 4.39 Å². The lowest BCUT2D eigenvalue weighted by Crippen LogP contribution is -2.01. The van der Waals surface area contributed by atoms with Gasteiger partial charge in [0.25, 0.3) is 0 Å². The van der Waals surface area contributed by atoms with Crippen molar-refractivity contribution in [1.82, 2.24) is 9.97 Å². The van der Waals surface area contributed by atoms with E-state index < -0.39 is 16.4 Å². The Bertz CT molecular complexity index is 952. The highest BCUT2D eigenvalue weighted by atomic mass is 19.1. The molecular weight excluding hydrogens is 315 g/mol.